The van der Waals surface area contributed by atoms with Crippen LogP contribution in [0.2, 0.25) is 0 Å². The highest BCUT2D eigenvalue weighted by atomic mass is 79.9. The summed E-state index contributed by atoms with van der Waals surface area (Å²) in [5.41, 5.74) is 1.34. The topological polar surface area (TPSA) is 0 Å². The summed E-state index contributed by atoms with van der Waals surface area (Å²) >= 11 is 3.50. The van der Waals surface area contributed by atoms with Crippen LogP contribution in [0.25, 0.3) is 0 Å². The molecule has 0 nitrogen and oxygen atoms in total. The Labute approximate surface area is 76.1 Å². The van der Waals surface area contributed by atoms with Crippen LogP contribution >= 0.6 is 15.9 Å². The summed E-state index contributed by atoms with van der Waals surface area (Å²) in [6.07, 6.45) is 2.93. The number of hydrogen-bond acceptors (Lipinski definition) is 0. The Kier molecular flexibility index (Phi) is 3.37. The van der Waals surface area contributed by atoms with Gasteiger partial charge < -0.3 is 0 Å². The van der Waals surface area contributed by atoms with Crippen molar-refractivity contribution in [2.24, 2.45) is 0 Å². The Balaban J connectivity index is 2.57. The van der Waals surface area contributed by atoms with Gasteiger partial charge in [-0.25, -0.2) is 0 Å². The highest BCUT2D eigenvalue weighted by molar-refractivity contribution is 9.09. The van der Waals surface area contributed by atoms with Crippen LogP contribution in [0.3, 0.4) is 0 Å². The summed E-state index contributed by atoms with van der Waals surface area (Å²) in [7, 11) is 0. The molecular formula is C10H11Br. The standard InChI is InChI=1S/C10H11Br/c1-2-10(11)8-9-6-4-3-5-7-9/h2-7,10H,1,8H2. The van der Waals surface area contributed by atoms with Crippen LogP contribution in [-0.2, 0) is 6.42 Å². The van der Waals surface area contributed by atoms with Crippen molar-refractivity contribution in [3.05, 3.63) is 48.6 Å². The molecule has 0 heterocycles. The lowest BCUT2D eigenvalue weighted by Crippen LogP contribution is -1.96. The van der Waals surface area contributed by atoms with Gasteiger partial charge >= 0.3 is 0 Å². The van der Waals surface area contributed by atoms with Gasteiger partial charge in [-0.2, -0.15) is 0 Å². The first-order valence-corrected chi connectivity index (χ1v) is 4.55. The maximum Gasteiger partial charge on any atom is 0.0363 e. The quantitative estimate of drug-likeness (QED) is 0.532. The van der Waals surface area contributed by atoms with Gasteiger partial charge in [0, 0.05) is 4.83 Å². The Bertz CT molecular complexity index is 216. The molecule has 0 aliphatic carbocycles. The molecule has 1 aromatic rings. The first kappa shape index (κ1) is 8.54. The second-order valence-electron chi connectivity index (χ2n) is 2.44. The molecule has 1 rings (SSSR count). The lowest BCUT2D eigenvalue weighted by Gasteiger charge is -2.02. The number of halogens is 1. The molecule has 0 aliphatic heterocycles. The fourth-order valence-electron chi connectivity index (χ4n) is 0.923. The summed E-state index contributed by atoms with van der Waals surface area (Å²) in [5, 5.41) is 0. The zero-order valence-electron chi connectivity index (χ0n) is 6.33. The predicted octanol–water partition coefficient (Wildman–Crippen LogP) is 3.18. The van der Waals surface area contributed by atoms with Crippen molar-refractivity contribution in [2.75, 3.05) is 0 Å². The van der Waals surface area contributed by atoms with E-state index in [1.807, 2.05) is 12.1 Å². The van der Waals surface area contributed by atoms with E-state index in [9.17, 15) is 0 Å². The molecule has 1 atom stereocenters. The third-order valence-corrected chi connectivity index (χ3v) is 2.23. The number of allylic oxidation sites excluding steroid dienone is 1. The summed E-state index contributed by atoms with van der Waals surface area (Å²) in [4.78, 5) is 0.393. The second kappa shape index (κ2) is 4.35. The lowest BCUT2D eigenvalue weighted by atomic mass is 10.1. The number of benzene rings is 1. The molecule has 0 radical (unpaired) electrons. The van der Waals surface area contributed by atoms with Gasteiger partial charge in [-0.05, 0) is 12.0 Å². The molecule has 1 aromatic carbocycles. The average Bonchev–Trinajstić information content (AvgIpc) is 2.06. The van der Waals surface area contributed by atoms with E-state index in [4.69, 9.17) is 0 Å². The Morgan fingerprint density at radius 3 is 2.55 bits per heavy atom. The molecule has 0 amide bonds. The molecule has 0 N–H and O–H groups in total. The van der Waals surface area contributed by atoms with Crippen LogP contribution in [-0.4, -0.2) is 4.83 Å². The Morgan fingerprint density at radius 2 is 2.00 bits per heavy atom. The van der Waals surface area contributed by atoms with Crippen LogP contribution in [0.15, 0.2) is 43.0 Å². The van der Waals surface area contributed by atoms with Gasteiger partial charge in [0.05, 0.1) is 0 Å². The van der Waals surface area contributed by atoms with Crippen LogP contribution in [0.5, 0.6) is 0 Å². The number of rotatable bonds is 3. The third kappa shape index (κ3) is 2.89. The van der Waals surface area contributed by atoms with Crippen molar-refractivity contribution in [3.63, 3.8) is 0 Å². The van der Waals surface area contributed by atoms with E-state index in [2.05, 4.69) is 46.8 Å². The van der Waals surface area contributed by atoms with E-state index < -0.39 is 0 Å². The van der Waals surface area contributed by atoms with Gasteiger partial charge in [0.15, 0.2) is 0 Å². The molecule has 0 aromatic heterocycles. The average molecular weight is 211 g/mol. The van der Waals surface area contributed by atoms with Crippen molar-refractivity contribution >= 4 is 15.9 Å². The number of alkyl halides is 1. The fraction of sp³-hybridized carbons (Fsp3) is 0.200. The predicted molar refractivity (Wildman–Crippen MR) is 53.1 cm³/mol. The molecule has 0 saturated heterocycles. The number of hydrogen-bond donors (Lipinski definition) is 0. The van der Waals surface area contributed by atoms with E-state index >= 15 is 0 Å². The van der Waals surface area contributed by atoms with E-state index in [0.717, 1.165) is 6.42 Å². The third-order valence-electron chi connectivity index (χ3n) is 1.53. The maximum absolute atomic E-state index is 3.71. The van der Waals surface area contributed by atoms with Crippen LogP contribution in [0.1, 0.15) is 5.56 Å². The normalized spacial score (nSPS) is 12.5. The lowest BCUT2D eigenvalue weighted by molar-refractivity contribution is 1.04. The smallest absolute Gasteiger partial charge is 0.0363 e. The summed E-state index contributed by atoms with van der Waals surface area (Å²) in [5.74, 6) is 0. The zero-order chi connectivity index (χ0) is 8.10. The van der Waals surface area contributed by atoms with E-state index in [-0.39, 0.29) is 0 Å². The molecule has 0 bridgehead atoms. The van der Waals surface area contributed by atoms with Crippen LogP contribution < -0.4 is 0 Å². The van der Waals surface area contributed by atoms with E-state index in [1.54, 1.807) is 0 Å². The monoisotopic (exact) mass is 210 g/mol. The molecule has 0 saturated carbocycles. The summed E-state index contributed by atoms with van der Waals surface area (Å²) in [6.45, 7) is 3.71. The summed E-state index contributed by atoms with van der Waals surface area (Å²) < 4.78 is 0. The van der Waals surface area contributed by atoms with Crippen molar-refractivity contribution in [1.82, 2.24) is 0 Å². The van der Waals surface area contributed by atoms with Gasteiger partial charge in [0.2, 0.25) is 0 Å². The van der Waals surface area contributed by atoms with Crippen molar-refractivity contribution in [1.29, 1.82) is 0 Å². The molecule has 1 unspecified atom stereocenters. The highest BCUT2D eigenvalue weighted by Crippen LogP contribution is 2.09. The van der Waals surface area contributed by atoms with Crippen LogP contribution in [0, 0.1) is 0 Å². The van der Waals surface area contributed by atoms with Gasteiger partial charge in [-0.3, -0.25) is 0 Å². The molecule has 1 heteroatoms. The largest absolute Gasteiger partial charge is 0.102 e. The molecule has 11 heavy (non-hydrogen) atoms. The minimum Gasteiger partial charge on any atom is -0.102 e. The van der Waals surface area contributed by atoms with Gasteiger partial charge in [-0.15, -0.1) is 6.58 Å². The van der Waals surface area contributed by atoms with Crippen molar-refractivity contribution in [3.8, 4) is 0 Å². The highest BCUT2D eigenvalue weighted by Gasteiger charge is 1.98. The van der Waals surface area contributed by atoms with Crippen molar-refractivity contribution in [2.45, 2.75) is 11.2 Å². The van der Waals surface area contributed by atoms with E-state index in [0.29, 0.717) is 4.83 Å². The molecule has 0 fully saturated rings. The first-order valence-electron chi connectivity index (χ1n) is 3.63. The Morgan fingerprint density at radius 1 is 1.36 bits per heavy atom. The van der Waals surface area contributed by atoms with Crippen LogP contribution in [0.4, 0.5) is 0 Å². The summed E-state index contributed by atoms with van der Waals surface area (Å²) in [6, 6.07) is 10.4. The SMILES string of the molecule is C=CC(Br)Cc1ccccc1. The molecular weight excluding hydrogens is 200 g/mol. The van der Waals surface area contributed by atoms with Gasteiger partial charge in [0.25, 0.3) is 0 Å². The van der Waals surface area contributed by atoms with Crippen molar-refractivity contribution < 1.29 is 0 Å². The Hall–Kier alpha value is -0.560. The van der Waals surface area contributed by atoms with E-state index in [1.165, 1.54) is 5.56 Å². The zero-order valence-corrected chi connectivity index (χ0v) is 7.92. The minimum atomic E-state index is 0.393. The molecule has 58 valence electrons. The maximum atomic E-state index is 3.71. The van der Waals surface area contributed by atoms with Gasteiger partial charge in [0.1, 0.15) is 0 Å². The van der Waals surface area contributed by atoms with Gasteiger partial charge in [-0.1, -0.05) is 52.3 Å². The minimum absolute atomic E-state index is 0.393. The molecule has 0 spiro atoms. The molecule has 0 aliphatic rings. The first-order chi connectivity index (χ1) is 5.33. The fourth-order valence-corrected chi connectivity index (χ4v) is 1.30. The second-order valence-corrected chi connectivity index (χ2v) is 3.62.